The van der Waals surface area contributed by atoms with Crippen LogP contribution in [-0.2, 0) is 4.74 Å². The summed E-state index contributed by atoms with van der Waals surface area (Å²) < 4.78 is 7.41. The summed E-state index contributed by atoms with van der Waals surface area (Å²) in [5.74, 6) is 0.292. The maximum Gasteiger partial charge on any atom is 0.288 e. The predicted molar refractivity (Wildman–Crippen MR) is 65.0 cm³/mol. The summed E-state index contributed by atoms with van der Waals surface area (Å²) >= 11 is 0. The van der Waals surface area contributed by atoms with Gasteiger partial charge in [0.25, 0.3) is 5.56 Å². The second-order valence-electron chi connectivity index (χ2n) is 4.40. The zero-order valence-corrected chi connectivity index (χ0v) is 9.67. The fourth-order valence-corrected chi connectivity index (χ4v) is 2.38. The highest BCUT2D eigenvalue weighted by molar-refractivity contribution is 5.88. The Bertz CT molecular complexity index is 633. The Morgan fingerprint density at radius 1 is 1.61 bits per heavy atom. The van der Waals surface area contributed by atoms with Crippen LogP contribution in [-0.4, -0.2) is 32.6 Å². The van der Waals surface area contributed by atoms with E-state index in [-0.39, 0.29) is 24.5 Å². The number of ether oxygens (including phenoxy) is 1. The third kappa shape index (κ3) is 1.59. The molecule has 1 aliphatic rings. The highest BCUT2D eigenvalue weighted by Gasteiger charge is 2.27. The smallest absolute Gasteiger partial charge is 0.288 e. The first kappa shape index (κ1) is 11.2. The summed E-state index contributed by atoms with van der Waals surface area (Å²) in [6, 6.07) is 1.75. The molecule has 0 spiro atoms. The molecule has 1 saturated heterocycles. The van der Waals surface area contributed by atoms with Gasteiger partial charge in [0, 0.05) is 11.6 Å². The molecule has 2 aromatic heterocycles. The minimum atomic E-state index is -0.291. The van der Waals surface area contributed by atoms with Crippen molar-refractivity contribution in [3.05, 3.63) is 22.6 Å². The van der Waals surface area contributed by atoms with Gasteiger partial charge in [-0.2, -0.15) is 5.10 Å². The lowest BCUT2D eigenvalue weighted by molar-refractivity contribution is -0.0203. The van der Waals surface area contributed by atoms with E-state index in [1.165, 1.54) is 0 Å². The van der Waals surface area contributed by atoms with Crippen molar-refractivity contribution >= 4 is 16.7 Å². The monoisotopic (exact) mass is 250 g/mol. The lowest BCUT2D eigenvalue weighted by Gasteiger charge is -2.14. The summed E-state index contributed by atoms with van der Waals surface area (Å²) in [5, 5.41) is 15.8. The van der Waals surface area contributed by atoms with Gasteiger partial charge in [0.05, 0.1) is 12.7 Å². The van der Waals surface area contributed by atoms with Gasteiger partial charge in [-0.25, -0.2) is 5.10 Å². The molecule has 0 aromatic carbocycles. The van der Waals surface area contributed by atoms with Crippen molar-refractivity contribution in [2.75, 3.05) is 12.3 Å². The van der Waals surface area contributed by atoms with Crippen molar-refractivity contribution in [2.24, 2.45) is 0 Å². The number of rotatable bonds is 2. The molecule has 0 saturated carbocycles. The number of hydrogen-bond acceptors (Lipinski definition) is 5. The lowest BCUT2D eigenvalue weighted by atomic mass is 10.2. The first-order valence-corrected chi connectivity index (χ1v) is 5.81. The van der Waals surface area contributed by atoms with Gasteiger partial charge >= 0.3 is 0 Å². The van der Waals surface area contributed by atoms with E-state index in [1.54, 1.807) is 16.8 Å². The molecule has 7 heteroatoms. The zero-order valence-electron chi connectivity index (χ0n) is 9.67. The Labute approximate surface area is 102 Å². The van der Waals surface area contributed by atoms with Gasteiger partial charge in [0.15, 0.2) is 5.82 Å². The lowest BCUT2D eigenvalue weighted by Crippen LogP contribution is -2.18. The molecule has 0 unspecified atom stereocenters. The van der Waals surface area contributed by atoms with Crippen LogP contribution in [0.3, 0.4) is 0 Å². The maximum absolute atomic E-state index is 11.8. The normalized spacial score (nSPS) is 23.8. The Morgan fingerprint density at radius 3 is 3.17 bits per heavy atom. The molecular formula is C11H14N4O3. The minimum Gasteiger partial charge on any atom is -0.394 e. The molecule has 4 N–H and O–H groups in total. The van der Waals surface area contributed by atoms with Crippen molar-refractivity contribution < 1.29 is 9.84 Å². The van der Waals surface area contributed by atoms with E-state index in [4.69, 9.17) is 15.6 Å². The average molecular weight is 250 g/mol. The molecule has 96 valence electrons. The first-order valence-electron chi connectivity index (χ1n) is 5.81. The fraction of sp³-hybridized carbons (Fsp3) is 0.455. The number of nitrogens with two attached hydrogens (primary N) is 1. The molecule has 1 fully saturated rings. The Kier molecular flexibility index (Phi) is 2.57. The molecule has 1 aliphatic heterocycles. The van der Waals surface area contributed by atoms with Crippen LogP contribution in [0.1, 0.15) is 19.1 Å². The van der Waals surface area contributed by atoms with Gasteiger partial charge in [-0.1, -0.05) is 0 Å². The molecule has 2 aromatic rings. The molecule has 2 atom stereocenters. The van der Waals surface area contributed by atoms with Crippen LogP contribution in [0.25, 0.3) is 10.9 Å². The van der Waals surface area contributed by atoms with Crippen molar-refractivity contribution in [3.8, 4) is 0 Å². The van der Waals surface area contributed by atoms with Gasteiger partial charge in [-0.15, -0.1) is 0 Å². The van der Waals surface area contributed by atoms with E-state index in [0.717, 1.165) is 12.8 Å². The summed E-state index contributed by atoms with van der Waals surface area (Å²) in [6.45, 7) is -0.00421. The number of nitrogens with zero attached hydrogens (tertiary/aromatic N) is 2. The second kappa shape index (κ2) is 4.11. The number of fused-ring (bicyclic) bond motifs is 1. The predicted octanol–water partition coefficient (Wildman–Crippen LogP) is -0.0233. The number of nitrogens with one attached hydrogen (secondary N) is 1. The Hall–Kier alpha value is -1.86. The molecule has 3 heterocycles. The number of aromatic amines is 1. The SMILES string of the molecule is Nc1n[nH]c(=O)c2c1ccn2[C@H]1CC[C@@H](CO)O1. The molecule has 0 bridgehead atoms. The first-order chi connectivity index (χ1) is 8.70. The zero-order chi connectivity index (χ0) is 12.7. The second-order valence-corrected chi connectivity index (χ2v) is 4.40. The highest BCUT2D eigenvalue weighted by Crippen LogP contribution is 2.31. The number of aliphatic hydroxyl groups excluding tert-OH is 1. The van der Waals surface area contributed by atoms with Gasteiger partial charge in [0.2, 0.25) is 0 Å². The number of hydrogen-bond donors (Lipinski definition) is 3. The number of aliphatic hydroxyl groups is 1. The van der Waals surface area contributed by atoms with E-state index in [1.807, 2.05) is 0 Å². The van der Waals surface area contributed by atoms with Gasteiger partial charge in [0.1, 0.15) is 11.7 Å². The van der Waals surface area contributed by atoms with Crippen molar-refractivity contribution in [2.45, 2.75) is 25.2 Å². The van der Waals surface area contributed by atoms with Crippen LogP contribution in [0.2, 0.25) is 0 Å². The molecule has 0 aliphatic carbocycles. The topological polar surface area (TPSA) is 106 Å². The summed E-state index contributed by atoms with van der Waals surface area (Å²) in [7, 11) is 0. The third-order valence-corrected chi connectivity index (χ3v) is 3.28. The highest BCUT2D eigenvalue weighted by atomic mass is 16.5. The van der Waals surface area contributed by atoms with Crippen LogP contribution in [0.5, 0.6) is 0 Å². The molecule has 0 amide bonds. The fourth-order valence-electron chi connectivity index (χ4n) is 2.38. The quantitative estimate of drug-likeness (QED) is 0.694. The van der Waals surface area contributed by atoms with Gasteiger partial charge < -0.3 is 20.1 Å². The molecule has 3 rings (SSSR count). The van der Waals surface area contributed by atoms with Gasteiger partial charge in [-0.05, 0) is 18.9 Å². The number of anilines is 1. The Morgan fingerprint density at radius 2 is 2.44 bits per heavy atom. The largest absolute Gasteiger partial charge is 0.394 e. The van der Waals surface area contributed by atoms with Crippen LogP contribution < -0.4 is 11.3 Å². The van der Waals surface area contributed by atoms with Gasteiger partial charge in [-0.3, -0.25) is 4.79 Å². The summed E-state index contributed by atoms with van der Waals surface area (Å²) in [5.41, 5.74) is 5.89. The van der Waals surface area contributed by atoms with Crippen LogP contribution in [0.4, 0.5) is 5.82 Å². The van der Waals surface area contributed by atoms with E-state index < -0.39 is 0 Å². The Balaban J connectivity index is 2.08. The summed E-state index contributed by atoms with van der Waals surface area (Å²) in [6.07, 6.45) is 2.91. The number of aromatic nitrogens is 3. The van der Waals surface area contributed by atoms with Crippen LogP contribution in [0, 0.1) is 0 Å². The molecule has 18 heavy (non-hydrogen) atoms. The van der Waals surface area contributed by atoms with E-state index in [9.17, 15) is 4.79 Å². The minimum absolute atomic E-state index is 0.00421. The van der Waals surface area contributed by atoms with Crippen LogP contribution >= 0.6 is 0 Å². The third-order valence-electron chi connectivity index (χ3n) is 3.28. The number of nitrogen functional groups attached to an aromatic ring is 1. The van der Waals surface area contributed by atoms with E-state index in [0.29, 0.717) is 16.7 Å². The maximum atomic E-state index is 11.8. The molecular weight excluding hydrogens is 236 g/mol. The molecule has 0 radical (unpaired) electrons. The average Bonchev–Trinajstić information content (AvgIpc) is 2.99. The van der Waals surface area contributed by atoms with Crippen LogP contribution in [0.15, 0.2) is 17.1 Å². The van der Waals surface area contributed by atoms with E-state index in [2.05, 4.69) is 10.2 Å². The molecule has 7 nitrogen and oxygen atoms in total. The number of H-pyrrole nitrogens is 1. The van der Waals surface area contributed by atoms with Crippen molar-refractivity contribution in [3.63, 3.8) is 0 Å². The van der Waals surface area contributed by atoms with Crippen molar-refractivity contribution in [1.29, 1.82) is 0 Å². The van der Waals surface area contributed by atoms with Crippen molar-refractivity contribution in [1.82, 2.24) is 14.8 Å². The summed E-state index contributed by atoms with van der Waals surface area (Å²) in [4.78, 5) is 11.8. The standard InChI is InChI=1S/C11H14N4O3/c12-10-7-3-4-15(9(7)11(17)14-13-10)8-2-1-6(5-16)18-8/h3-4,6,8,16H,1-2,5H2,(H2,12,13)(H,14,17)/t6-,8+/m0/s1. The van der Waals surface area contributed by atoms with E-state index >= 15 is 0 Å².